The molecule has 1 atom stereocenters. The molecule has 0 aliphatic carbocycles. The van der Waals surface area contributed by atoms with E-state index in [1.807, 2.05) is 71.4 Å². The first kappa shape index (κ1) is 29.2. The third-order valence-electron chi connectivity index (χ3n) is 9.42. The van der Waals surface area contributed by atoms with Gasteiger partial charge in [0.05, 0.1) is 32.1 Å². The Balaban J connectivity index is 1.14. The van der Waals surface area contributed by atoms with Crippen LogP contribution >= 0.6 is 0 Å². The quantitative estimate of drug-likeness (QED) is 0.419. The number of likely N-dealkylation sites (tertiary alicyclic amines) is 1. The largest absolute Gasteiger partial charge is 0.497 e. The first-order chi connectivity index (χ1) is 20.9. The van der Waals surface area contributed by atoms with Crippen molar-refractivity contribution in [3.05, 3.63) is 65.9 Å². The molecule has 0 unspecified atom stereocenters. The van der Waals surface area contributed by atoms with Gasteiger partial charge in [-0.3, -0.25) is 14.3 Å². The molecule has 3 aliphatic rings. The Morgan fingerprint density at radius 3 is 2.58 bits per heavy atom. The first-order valence-electron chi connectivity index (χ1n) is 15.5. The number of rotatable bonds is 3. The number of fused-ring (bicyclic) bond motifs is 3. The zero-order valence-electron chi connectivity index (χ0n) is 25.3. The number of piperidine rings is 1. The van der Waals surface area contributed by atoms with Crippen LogP contribution in [0.1, 0.15) is 65.8 Å². The van der Waals surface area contributed by atoms with Crippen LogP contribution < -0.4 is 9.47 Å². The maximum Gasteiger partial charge on any atom is 0.274 e. The number of benzene rings is 2. The van der Waals surface area contributed by atoms with Gasteiger partial charge in [-0.25, -0.2) is 0 Å². The van der Waals surface area contributed by atoms with E-state index in [4.69, 9.17) is 14.2 Å². The van der Waals surface area contributed by atoms with Crippen LogP contribution in [0.4, 0.5) is 0 Å². The van der Waals surface area contributed by atoms with E-state index in [1.165, 1.54) is 0 Å². The summed E-state index contributed by atoms with van der Waals surface area (Å²) in [5.41, 5.74) is 2.95. The van der Waals surface area contributed by atoms with E-state index in [-0.39, 0.29) is 23.3 Å². The maximum absolute atomic E-state index is 13.6. The van der Waals surface area contributed by atoms with Gasteiger partial charge in [0, 0.05) is 49.8 Å². The molecular formula is C34H42N4O5. The van der Waals surface area contributed by atoms with Gasteiger partial charge in [0.15, 0.2) is 5.69 Å². The van der Waals surface area contributed by atoms with Gasteiger partial charge in [-0.15, -0.1) is 0 Å². The highest BCUT2D eigenvalue weighted by Gasteiger charge is 2.37. The molecule has 1 aromatic heterocycles. The van der Waals surface area contributed by atoms with Crippen molar-refractivity contribution in [1.82, 2.24) is 19.6 Å². The lowest BCUT2D eigenvalue weighted by atomic mass is 9.75. The molecule has 2 amide bonds. The second-order valence-electron chi connectivity index (χ2n) is 12.2. The molecule has 2 saturated heterocycles. The second-order valence-corrected chi connectivity index (χ2v) is 12.2. The summed E-state index contributed by atoms with van der Waals surface area (Å²) >= 11 is 0. The minimum Gasteiger partial charge on any atom is -0.497 e. The maximum atomic E-state index is 13.6. The van der Waals surface area contributed by atoms with Gasteiger partial charge in [-0.2, -0.15) is 5.10 Å². The summed E-state index contributed by atoms with van der Waals surface area (Å²) in [6.07, 6.45) is 6.73. The fourth-order valence-corrected chi connectivity index (χ4v) is 6.74. The predicted molar refractivity (Wildman–Crippen MR) is 163 cm³/mol. The van der Waals surface area contributed by atoms with Crippen LogP contribution in [0.25, 0.3) is 11.3 Å². The number of amides is 2. The van der Waals surface area contributed by atoms with Crippen LogP contribution in [0, 0.1) is 5.41 Å². The summed E-state index contributed by atoms with van der Waals surface area (Å²) in [4.78, 5) is 30.8. The lowest BCUT2D eigenvalue weighted by molar-refractivity contribution is 0.0329. The van der Waals surface area contributed by atoms with Crippen LogP contribution in [-0.2, 0) is 11.8 Å². The van der Waals surface area contributed by atoms with Gasteiger partial charge in [0.2, 0.25) is 0 Å². The summed E-state index contributed by atoms with van der Waals surface area (Å²) in [5, 5.41) is 4.57. The molecule has 3 aliphatic heterocycles. The number of carbonyl (C=O) groups excluding carboxylic acids is 2. The van der Waals surface area contributed by atoms with Crippen molar-refractivity contribution in [3.63, 3.8) is 0 Å². The van der Waals surface area contributed by atoms with Crippen LogP contribution in [0.3, 0.4) is 0 Å². The number of carbonyl (C=O) groups is 2. The van der Waals surface area contributed by atoms with E-state index in [2.05, 4.69) is 5.10 Å². The molecule has 228 valence electrons. The molecule has 43 heavy (non-hydrogen) atoms. The van der Waals surface area contributed by atoms with E-state index in [0.29, 0.717) is 44.2 Å². The number of nitrogens with zero attached hydrogens (tertiary/aromatic N) is 4. The number of aryl methyl sites for hydroxylation is 1. The predicted octanol–water partition coefficient (Wildman–Crippen LogP) is 5.20. The minimum absolute atomic E-state index is 0.0385. The topological polar surface area (TPSA) is 86.1 Å². The summed E-state index contributed by atoms with van der Waals surface area (Å²) in [6.45, 7) is 3.94. The molecule has 3 aromatic rings. The molecule has 2 bridgehead atoms. The Morgan fingerprint density at radius 2 is 1.79 bits per heavy atom. The van der Waals surface area contributed by atoms with Gasteiger partial charge in [-0.05, 0) is 87.1 Å². The van der Waals surface area contributed by atoms with Crippen molar-refractivity contribution in [2.45, 2.75) is 51.0 Å². The molecule has 1 spiro atoms. The second kappa shape index (κ2) is 12.8. The van der Waals surface area contributed by atoms with Crippen LogP contribution in [0.2, 0.25) is 0 Å². The Morgan fingerprint density at radius 1 is 0.977 bits per heavy atom. The highest BCUT2D eigenvalue weighted by Crippen LogP contribution is 2.38. The highest BCUT2D eigenvalue weighted by atomic mass is 16.5. The molecule has 6 rings (SSSR count). The summed E-state index contributed by atoms with van der Waals surface area (Å²) in [6, 6.07) is 17.4. The van der Waals surface area contributed by atoms with Crippen molar-refractivity contribution in [2.75, 3.05) is 46.6 Å². The Bertz CT molecular complexity index is 1430. The fraction of sp³-hybridized carbons (Fsp3) is 0.500. The number of hydrogen-bond acceptors (Lipinski definition) is 6. The summed E-state index contributed by atoms with van der Waals surface area (Å²) in [5.74, 6) is 1.53. The average molecular weight is 587 g/mol. The van der Waals surface area contributed by atoms with Crippen molar-refractivity contribution in [2.24, 2.45) is 12.5 Å². The van der Waals surface area contributed by atoms with E-state index >= 15 is 0 Å². The van der Waals surface area contributed by atoms with Gasteiger partial charge in [0.25, 0.3) is 11.8 Å². The number of aromatic nitrogens is 2. The molecule has 4 heterocycles. The minimum atomic E-state index is -0.0463. The molecule has 9 heteroatoms. The van der Waals surface area contributed by atoms with E-state index in [0.717, 1.165) is 74.2 Å². The third kappa shape index (κ3) is 6.42. The zero-order valence-corrected chi connectivity index (χ0v) is 25.3. The van der Waals surface area contributed by atoms with Crippen molar-refractivity contribution in [3.8, 4) is 22.8 Å². The molecule has 0 N–H and O–H groups in total. The Hall–Kier alpha value is -3.85. The lowest BCUT2D eigenvalue weighted by Crippen LogP contribution is -2.45. The lowest BCUT2D eigenvalue weighted by Gasteiger charge is -2.41. The fourth-order valence-electron chi connectivity index (χ4n) is 6.74. The smallest absolute Gasteiger partial charge is 0.274 e. The molecule has 0 saturated carbocycles. The van der Waals surface area contributed by atoms with E-state index in [9.17, 15) is 9.59 Å². The number of hydrogen-bond donors (Lipinski definition) is 0. The zero-order chi connectivity index (χ0) is 29.8. The van der Waals surface area contributed by atoms with Gasteiger partial charge < -0.3 is 24.0 Å². The SMILES string of the molecule is COc1ccc(-c2cc(C(=O)N3CCC4(CCCCOC[C@@H]5CCCN5C(=O)c5cccc(c5)OC4)CC3)nn2C)cc1. The normalized spacial score (nSPS) is 21.1. The highest BCUT2D eigenvalue weighted by molar-refractivity contribution is 5.95. The van der Waals surface area contributed by atoms with Crippen molar-refractivity contribution < 1.29 is 23.8 Å². The molecular weight excluding hydrogens is 544 g/mol. The van der Waals surface area contributed by atoms with Crippen LogP contribution in [0.15, 0.2) is 54.6 Å². The molecule has 9 nitrogen and oxygen atoms in total. The van der Waals surface area contributed by atoms with E-state index < -0.39 is 0 Å². The average Bonchev–Trinajstić information content (AvgIpc) is 3.68. The van der Waals surface area contributed by atoms with Crippen LogP contribution in [-0.4, -0.2) is 84.0 Å². The molecule has 0 radical (unpaired) electrons. The summed E-state index contributed by atoms with van der Waals surface area (Å²) in [7, 11) is 3.51. The Labute approximate surface area is 253 Å². The van der Waals surface area contributed by atoms with Gasteiger partial charge >= 0.3 is 0 Å². The number of ether oxygens (including phenoxy) is 3. The third-order valence-corrected chi connectivity index (χ3v) is 9.42. The van der Waals surface area contributed by atoms with Gasteiger partial charge in [0.1, 0.15) is 11.5 Å². The molecule has 2 fully saturated rings. The monoisotopic (exact) mass is 586 g/mol. The Kier molecular flexibility index (Phi) is 8.70. The van der Waals surface area contributed by atoms with E-state index in [1.54, 1.807) is 11.8 Å². The first-order valence-corrected chi connectivity index (χ1v) is 15.5. The van der Waals surface area contributed by atoms with Crippen LogP contribution in [0.5, 0.6) is 11.5 Å². The number of methoxy groups -OCH3 is 1. The summed E-state index contributed by atoms with van der Waals surface area (Å²) < 4.78 is 19.5. The van der Waals surface area contributed by atoms with Gasteiger partial charge in [-0.1, -0.05) is 12.5 Å². The van der Waals surface area contributed by atoms with Crippen molar-refractivity contribution >= 4 is 11.8 Å². The molecule has 2 aromatic carbocycles. The van der Waals surface area contributed by atoms with Crippen molar-refractivity contribution in [1.29, 1.82) is 0 Å². The standard InChI is InChI=1S/C34H42N4O5/c1-36-31(25-10-12-28(41-2)13-11-25)22-30(35-36)33(40)37-18-15-34(16-19-37)14-3-4-20-42-23-27-8-6-17-38(27)32(39)26-7-5-9-29(21-26)43-24-34/h5,7,9-13,21-22,27H,3-4,6,8,14-20,23-24H2,1-2H3/t27-/m0/s1.